The SMILES string of the molecule is CC(C)(C)OC(=O)N1CCC(C2CCN(c3ccc(S(=O)[O-])cc3)CC2)CC1. The van der Waals surface area contributed by atoms with Crippen molar-refractivity contribution in [3.63, 3.8) is 0 Å². The largest absolute Gasteiger partial charge is 0.768 e. The molecule has 3 rings (SSSR count). The number of hydrogen-bond donors (Lipinski definition) is 0. The fraction of sp³-hybridized carbons (Fsp3) is 0.667. The monoisotopic (exact) mass is 407 g/mol. The predicted octanol–water partition coefficient (Wildman–Crippen LogP) is 3.79. The van der Waals surface area contributed by atoms with Crippen LogP contribution in [0, 0.1) is 11.8 Å². The quantitative estimate of drug-likeness (QED) is 0.713. The Morgan fingerprint density at radius 3 is 1.96 bits per heavy atom. The van der Waals surface area contributed by atoms with Gasteiger partial charge >= 0.3 is 6.09 Å². The minimum Gasteiger partial charge on any atom is -0.768 e. The van der Waals surface area contributed by atoms with Crippen molar-refractivity contribution in [3.05, 3.63) is 24.3 Å². The van der Waals surface area contributed by atoms with Gasteiger partial charge in [-0.05, 0) is 93.6 Å². The number of amides is 1. The minimum atomic E-state index is -2.17. The number of ether oxygens (including phenoxy) is 1. The number of anilines is 1. The maximum Gasteiger partial charge on any atom is 0.410 e. The van der Waals surface area contributed by atoms with Gasteiger partial charge in [0.05, 0.1) is 0 Å². The Kier molecular flexibility index (Phi) is 6.65. The van der Waals surface area contributed by atoms with E-state index in [4.69, 9.17) is 4.74 Å². The van der Waals surface area contributed by atoms with Crippen LogP contribution in [0.25, 0.3) is 0 Å². The smallest absolute Gasteiger partial charge is 0.410 e. The van der Waals surface area contributed by atoms with Crippen molar-refractivity contribution in [2.24, 2.45) is 11.8 Å². The van der Waals surface area contributed by atoms with Crippen molar-refractivity contribution in [2.45, 2.75) is 57.0 Å². The van der Waals surface area contributed by atoms with Crippen molar-refractivity contribution < 1.29 is 18.3 Å². The van der Waals surface area contributed by atoms with E-state index in [1.165, 1.54) is 0 Å². The van der Waals surface area contributed by atoms with Gasteiger partial charge in [-0.15, -0.1) is 0 Å². The lowest BCUT2D eigenvalue weighted by molar-refractivity contribution is 0.0152. The Morgan fingerprint density at radius 1 is 1.00 bits per heavy atom. The number of carbonyl (C=O) groups is 1. The van der Waals surface area contributed by atoms with Gasteiger partial charge in [0.2, 0.25) is 0 Å². The van der Waals surface area contributed by atoms with Crippen LogP contribution >= 0.6 is 0 Å². The first-order valence-corrected chi connectivity index (χ1v) is 11.2. The number of carbonyl (C=O) groups excluding carboxylic acids is 1. The highest BCUT2D eigenvalue weighted by atomic mass is 32.2. The Balaban J connectivity index is 1.46. The Hall–Kier alpha value is -1.60. The molecule has 0 spiro atoms. The second-order valence-corrected chi connectivity index (χ2v) is 9.80. The third-order valence-electron chi connectivity index (χ3n) is 5.79. The molecule has 2 fully saturated rings. The van der Waals surface area contributed by atoms with Crippen molar-refractivity contribution >= 4 is 22.9 Å². The molecule has 0 radical (unpaired) electrons. The Labute approximate surface area is 170 Å². The number of likely N-dealkylation sites (tertiary alicyclic amines) is 1. The molecule has 6 nitrogen and oxygen atoms in total. The van der Waals surface area contributed by atoms with Crippen LogP contribution in [0.5, 0.6) is 0 Å². The Bertz CT molecular complexity index is 685. The lowest BCUT2D eigenvalue weighted by Crippen LogP contribution is -2.44. The predicted molar refractivity (Wildman–Crippen MR) is 109 cm³/mol. The summed E-state index contributed by atoms with van der Waals surface area (Å²) < 4.78 is 27.5. The first-order valence-electron chi connectivity index (χ1n) is 10.1. The van der Waals surface area contributed by atoms with E-state index in [1.54, 1.807) is 12.1 Å². The summed E-state index contributed by atoms with van der Waals surface area (Å²) >= 11 is -2.17. The summed E-state index contributed by atoms with van der Waals surface area (Å²) in [7, 11) is 0. The van der Waals surface area contributed by atoms with Crippen LogP contribution in [0.2, 0.25) is 0 Å². The maximum absolute atomic E-state index is 12.2. The van der Waals surface area contributed by atoms with E-state index in [0.29, 0.717) is 16.7 Å². The number of benzene rings is 1. The zero-order chi connectivity index (χ0) is 20.3. The lowest BCUT2D eigenvalue weighted by Gasteiger charge is -2.41. The molecule has 1 amide bonds. The second-order valence-electron chi connectivity index (χ2n) is 8.86. The average molecular weight is 408 g/mol. The zero-order valence-corrected chi connectivity index (χ0v) is 17.9. The highest BCUT2D eigenvalue weighted by Gasteiger charge is 2.32. The summed E-state index contributed by atoms with van der Waals surface area (Å²) in [5.74, 6) is 1.37. The topological polar surface area (TPSA) is 72.9 Å². The molecule has 1 unspecified atom stereocenters. The molecule has 0 aliphatic carbocycles. The van der Waals surface area contributed by atoms with E-state index in [0.717, 1.165) is 57.5 Å². The van der Waals surface area contributed by atoms with Crippen molar-refractivity contribution in [1.82, 2.24) is 4.90 Å². The number of rotatable bonds is 3. The first kappa shape index (κ1) is 21.1. The van der Waals surface area contributed by atoms with E-state index < -0.39 is 16.7 Å². The molecule has 1 aromatic carbocycles. The van der Waals surface area contributed by atoms with Gasteiger partial charge in [-0.1, -0.05) is 0 Å². The third kappa shape index (κ3) is 5.47. The molecule has 0 aromatic heterocycles. The van der Waals surface area contributed by atoms with E-state index in [1.807, 2.05) is 37.8 Å². The van der Waals surface area contributed by atoms with Crippen molar-refractivity contribution in [2.75, 3.05) is 31.1 Å². The molecular weight excluding hydrogens is 376 g/mol. The van der Waals surface area contributed by atoms with Crippen LogP contribution in [0.4, 0.5) is 10.5 Å². The molecule has 2 saturated heterocycles. The fourth-order valence-corrected chi connectivity index (χ4v) is 4.64. The molecular formula is C21H31N2O4S-. The molecule has 0 N–H and O–H groups in total. The third-order valence-corrected chi connectivity index (χ3v) is 6.45. The summed E-state index contributed by atoms with van der Waals surface area (Å²) in [6, 6.07) is 7.11. The molecule has 0 bridgehead atoms. The van der Waals surface area contributed by atoms with Crippen LogP contribution in [0.3, 0.4) is 0 Å². The Morgan fingerprint density at radius 2 is 1.50 bits per heavy atom. The number of hydrogen-bond acceptors (Lipinski definition) is 5. The van der Waals surface area contributed by atoms with Crippen LogP contribution < -0.4 is 4.90 Å². The highest BCUT2D eigenvalue weighted by Crippen LogP contribution is 2.34. The molecule has 1 aromatic rings. The molecule has 1 atom stereocenters. The summed E-state index contributed by atoms with van der Waals surface area (Å²) in [6.07, 6.45) is 4.20. The van der Waals surface area contributed by atoms with Gasteiger partial charge in [0.15, 0.2) is 0 Å². The standard InChI is InChI=1S/C21H32N2O4S/c1-21(2,3)27-20(24)23-14-10-17(11-15-23)16-8-12-22(13-9-16)18-4-6-19(7-5-18)28(25)26/h4-7,16-17H,8-15H2,1-3H3,(H,25,26)/p-1. The van der Waals surface area contributed by atoms with Crippen molar-refractivity contribution in [1.29, 1.82) is 0 Å². The molecule has 156 valence electrons. The zero-order valence-electron chi connectivity index (χ0n) is 17.1. The van der Waals surface area contributed by atoms with Gasteiger partial charge in [-0.2, -0.15) is 0 Å². The van der Waals surface area contributed by atoms with Crippen LogP contribution in [0.1, 0.15) is 46.5 Å². The molecule has 7 heteroatoms. The number of piperidine rings is 2. The lowest BCUT2D eigenvalue weighted by atomic mass is 9.79. The van der Waals surface area contributed by atoms with Crippen LogP contribution in [-0.4, -0.2) is 51.5 Å². The van der Waals surface area contributed by atoms with E-state index >= 15 is 0 Å². The molecule has 2 aliphatic heterocycles. The minimum absolute atomic E-state index is 0.191. The van der Waals surface area contributed by atoms with E-state index in [2.05, 4.69) is 4.90 Å². The highest BCUT2D eigenvalue weighted by molar-refractivity contribution is 7.79. The van der Waals surface area contributed by atoms with Gasteiger partial charge in [0.25, 0.3) is 0 Å². The summed E-state index contributed by atoms with van der Waals surface area (Å²) in [4.78, 5) is 16.7. The van der Waals surface area contributed by atoms with Crippen LogP contribution in [0.15, 0.2) is 29.2 Å². The summed E-state index contributed by atoms with van der Waals surface area (Å²) in [5.41, 5.74) is 0.647. The number of nitrogens with zero attached hydrogens (tertiary/aromatic N) is 2. The average Bonchev–Trinajstić information content (AvgIpc) is 2.67. The van der Waals surface area contributed by atoms with Gasteiger partial charge in [0.1, 0.15) is 5.60 Å². The van der Waals surface area contributed by atoms with Gasteiger partial charge in [-0.3, -0.25) is 4.21 Å². The van der Waals surface area contributed by atoms with Gasteiger partial charge in [-0.25, -0.2) is 4.79 Å². The van der Waals surface area contributed by atoms with E-state index in [-0.39, 0.29) is 6.09 Å². The summed E-state index contributed by atoms with van der Waals surface area (Å²) in [5, 5.41) is 0. The van der Waals surface area contributed by atoms with Crippen molar-refractivity contribution in [3.8, 4) is 0 Å². The fourth-order valence-electron chi connectivity index (χ4n) is 4.28. The van der Waals surface area contributed by atoms with Crippen LogP contribution in [-0.2, 0) is 15.8 Å². The molecule has 28 heavy (non-hydrogen) atoms. The first-order chi connectivity index (χ1) is 13.2. The summed E-state index contributed by atoms with van der Waals surface area (Å²) in [6.45, 7) is 9.27. The van der Waals surface area contributed by atoms with Gasteiger partial charge in [0, 0.05) is 36.8 Å². The maximum atomic E-state index is 12.2. The molecule has 2 heterocycles. The second kappa shape index (κ2) is 8.82. The van der Waals surface area contributed by atoms with E-state index in [9.17, 15) is 13.6 Å². The molecule has 0 saturated carbocycles. The molecule has 2 aliphatic rings. The van der Waals surface area contributed by atoms with Gasteiger partial charge < -0.3 is 19.1 Å². The normalized spacial score (nSPS) is 20.9.